The van der Waals surface area contributed by atoms with Crippen LogP contribution >= 0.6 is 15.9 Å². The van der Waals surface area contributed by atoms with E-state index in [4.69, 9.17) is 10.5 Å². The van der Waals surface area contributed by atoms with Crippen molar-refractivity contribution < 1.29 is 17.9 Å². The first-order valence-corrected chi connectivity index (χ1v) is 9.70. The summed E-state index contributed by atoms with van der Waals surface area (Å²) < 4.78 is 30.8. The van der Waals surface area contributed by atoms with Gasteiger partial charge < -0.3 is 10.5 Å². The van der Waals surface area contributed by atoms with E-state index in [0.717, 1.165) is 10.0 Å². The van der Waals surface area contributed by atoms with Crippen LogP contribution < -0.4 is 5.73 Å². The van der Waals surface area contributed by atoms with Gasteiger partial charge in [-0.05, 0) is 24.6 Å². The molecule has 0 aliphatic heterocycles. The Bertz CT molecular complexity index is 659. The molecule has 0 bridgehead atoms. The van der Waals surface area contributed by atoms with Gasteiger partial charge in [0.2, 0.25) is 0 Å². The Labute approximate surface area is 139 Å². The minimum atomic E-state index is -3.41. The number of sulfone groups is 1. The molecule has 2 rings (SSSR count). The highest BCUT2D eigenvalue weighted by molar-refractivity contribution is 9.10. The van der Waals surface area contributed by atoms with Gasteiger partial charge in [-0.1, -0.05) is 35.0 Å². The predicted molar refractivity (Wildman–Crippen MR) is 88.3 cm³/mol. The van der Waals surface area contributed by atoms with Crippen LogP contribution in [0.2, 0.25) is 0 Å². The largest absolute Gasteiger partial charge is 0.465 e. The Balaban J connectivity index is 2.49. The van der Waals surface area contributed by atoms with E-state index in [2.05, 4.69) is 15.9 Å². The van der Waals surface area contributed by atoms with Gasteiger partial charge >= 0.3 is 5.97 Å². The van der Waals surface area contributed by atoms with Gasteiger partial charge in [0.25, 0.3) is 0 Å². The first-order valence-electron chi connectivity index (χ1n) is 7.19. The molecule has 0 amide bonds. The molecule has 0 radical (unpaired) electrons. The van der Waals surface area contributed by atoms with Crippen molar-refractivity contribution in [2.24, 2.45) is 11.1 Å². The number of halogens is 1. The quantitative estimate of drug-likeness (QED) is 0.750. The third-order valence-electron chi connectivity index (χ3n) is 4.27. The van der Waals surface area contributed by atoms with E-state index in [1.165, 1.54) is 0 Å². The van der Waals surface area contributed by atoms with Gasteiger partial charge in [-0.15, -0.1) is 0 Å². The van der Waals surface area contributed by atoms with Gasteiger partial charge in [-0.3, -0.25) is 4.79 Å². The second kappa shape index (κ2) is 6.29. The minimum Gasteiger partial charge on any atom is -0.465 e. The Hall–Kier alpha value is -0.920. The molecule has 2 N–H and O–H groups in total. The third-order valence-corrected chi connectivity index (χ3v) is 7.07. The van der Waals surface area contributed by atoms with Gasteiger partial charge in [0.15, 0.2) is 9.84 Å². The molecule has 0 saturated heterocycles. The lowest BCUT2D eigenvalue weighted by molar-refractivity contribution is -0.149. The van der Waals surface area contributed by atoms with E-state index in [0.29, 0.717) is 0 Å². The van der Waals surface area contributed by atoms with E-state index in [1.807, 2.05) is 24.3 Å². The lowest BCUT2D eigenvalue weighted by Gasteiger charge is -2.14. The molecule has 1 aromatic carbocycles. The van der Waals surface area contributed by atoms with Gasteiger partial charge in [-0.2, -0.15) is 0 Å². The second-order valence-corrected chi connectivity index (χ2v) is 8.69. The van der Waals surface area contributed by atoms with E-state index in [9.17, 15) is 13.2 Å². The molecule has 7 heteroatoms. The SMILES string of the molecule is CCOC(=O)[C@@]1(CN)[C@@H](c2ccc(Br)cc2)[C@@H]1S(=O)(=O)CC. The maximum Gasteiger partial charge on any atom is 0.315 e. The minimum absolute atomic E-state index is 0.0220. The molecule has 1 aromatic rings. The Morgan fingerprint density at radius 2 is 1.91 bits per heavy atom. The Morgan fingerprint density at radius 3 is 2.36 bits per heavy atom. The van der Waals surface area contributed by atoms with Crippen molar-refractivity contribution in [2.75, 3.05) is 18.9 Å². The van der Waals surface area contributed by atoms with Crippen molar-refractivity contribution in [3.05, 3.63) is 34.3 Å². The number of carbonyl (C=O) groups is 1. The van der Waals surface area contributed by atoms with Crippen LogP contribution in [0.1, 0.15) is 25.3 Å². The van der Waals surface area contributed by atoms with Crippen LogP contribution in [-0.2, 0) is 19.4 Å². The van der Waals surface area contributed by atoms with Crippen LogP contribution in [0.4, 0.5) is 0 Å². The van der Waals surface area contributed by atoms with Gasteiger partial charge in [-0.25, -0.2) is 8.42 Å². The zero-order valence-electron chi connectivity index (χ0n) is 12.6. The summed E-state index contributed by atoms with van der Waals surface area (Å²) in [6.07, 6.45) is 0. The summed E-state index contributed by atoms with van der Waals surface area (Å²) in [5, 5.41) is -0.810. The van der Waals surface area contributed by atoms with Crippen LogP contribution in [-0.4, -0.2) is 38.5 Å². The van der Waals surface area contributed by atoms with Gasteiger partial charge in [0.1, 0.15) is 5.41 Å². The summed E-state index contributed by atoms with van der Waals surface area (Å²) in [6, 6.07) is 7.30. The Kier molecular flexibility index (Phi) is 4.99. The number of esters is 1. The van der Waals surface area contributed by atoms with Gasteiger partial charge in [0, 0.05) is 22.7 Å². The predicted octanol–water partition coefficient (Wildman–Crippen LogP) is 1.86. The molecule has 0 aromatic heterocycles. The van der Waals surface area contributed by atoms with Crippen LogP contribution in [0.25, 0.3) is 0 Å². The summed E-state index contributed by atoms with van der Waals surface area (Å²) in [4.78, 5) is 12.4. The molecule has 22 heavy (non-hydrogen) atoms. The number of nitrogens with two attached hydrogens (primary N) is 1. The highest BCUT2D eigenvalue weighted by Gasteiger charge is 2.74. The van der Waals surface area contributed by atoms with Crippen molar-refractivity contribution in [1.29, 1.82) is 0 Å². The van der Waals surface area contributed by atoms with Crippen molar-refractivity contribution in [3.63, 3.8) is 0 Å². The molecule has 0 unspecified atom stereocenters. The number of carbonyl (C=O) groups excluding carboxylic acids is 1. The second-order valence-electron chi connectivity index (χ2n) is 5.37. The first kappa shape index (κ1) is 17.4. The monoisotopic (exact) mass is 389 g/mol. The van der Waals surface area contributed by atoms with Crippen molar-refractivity contribution in [3.8, 4) is 0 Å². The molecule has 5 nitrogen and oxygen atoms in total. The van der Waals surface area contributed by atoms with E-state index >= 15 is 0 Å². The van der Waals surface area contributed by atoms with Crippen LogP contribution in [0.15, 0.2) is 28.7 Å². The molecule has 1 saturated carbocycles. The molecular weight excluding hydrogens is 370 g/mol. The fourth-order valence-electron chi connectivity index (χ4n) is 3.09. The lowest BCUT2D eigenvalue weighted by atomic mass is 9.99. The smallest absolute Gasteiger partial charge is 0.315 e. The number of ether oxygens (including phenoxy) is 1. The summed E-state index contributed by atoms with van der Waals surface area (Å²) in [7, 11) is -3.41. The van der Waals surface area contributed by atoms with Crippen LogP contribution in [0.5, 0.6) is 0 Å². The topological polar surface area (TPSA) is 86.5 Å². The zero-order chi connectivity index (χ0) is 16.5. The summed E-state index contributed by atoms with van der Waals surface area (Å²) >= 11 is 3.35. The van der Waals surface area contributed by atoms with E-state index in [1.54, 1.807) is 13.8 Å². The van der Waals surface area contributed by atoms with Gasteiger partial charge in [0.05, 0.1) is 11.9 Å². The number of benzene rings is 1. The van der Waals surface area contributed by atoms with E-state index in [-0.39, 0.29) is 18.9 Å². The molecule has 1 aliphatic rings. The number of rotatable bonds is 6. The molecule has 122 valence electrons. The fourth-order valence-corrected chi connectivity index (χ4v) is 5.43. The normalized spacial score (nSPS) is 27.5. The lowest BCUT2D eigenvalue weighted by Crippen LogP contribution is -2.34. The maximum atomic E-state index is 12.4. The standard InChI is InChI=1S/C15H20BrNO4S/c1-3-21-14(18)15(9-17)12(13(15)22(19,20)4-2)10-5-7-11(16)8-6-10/h5-8,12-13H,3-4,9,17H2,1-2H3/t12-,13-,15-/m0/s1. The van der Waals surface area contributed by atoms with Crippen molar-refractivity contribution >= 4 is 31.7 Å². The average Bonchev–Trinajstić information content (AvgIpc) is 3.20. The van der Waals surface area contributed by atoms with E-state index < -0.39 is 32.4 Å². The Morgan fingerprint density at radius 1 is 1.32 bits per heavy atom. The number of hydrogen-bond donors (Lipinski definition) is 1. The molecule has 0 heterocycles. The first-order chi connectivity index (χ1) is 10.3. The molecular formula is C15H20BrNO4S. The molecule has 1 fully saturated rings. The zero-order valence-corrected chi connectivity index (χ0v) is 15.0. The molecule has 0 spiro atoms. The molecule has 3 atom stereocenters. The van der Waals surface area contributed by atoms with Crippen LogP contribution in [0.3, 0.4) is 0 Å². The molecule has 1 aliphatic carbocycles. The highest BCUT2D eigenvalue weighted by Crippen LogP contribution is 2.63. The van der Waals surface area contributed by atoms with Crippen molar-refractivity contribution in [2.45, 2.75) is 25.0 Å². The fraction of sp³-hybridized carbons (Fsp3) is 0.533. The number of hydrogen-bond acceptors (Lipinski definition) is 5. The summed E-state index contributed by atoms with van der Waals surface area (Å²) in [5.41, 5.74) is 5.45. The van der Waals surface area contributed by atoms with Crippen LogP contribution in [0, 0.1) is 5.41 Å². The summed E-state index contributed by atoms with van der Waals surface area (Å²) in [6.45, 7) is 3.43. The average molecular weight is 390 g/mol. The maximum absolute atomic E-state index is 12.4. The summed E-state index contributed by atoms with van der Waals surface area (Å²) in [5.74, 6) is -0.992. The highest BCUT2D eigenvalue weighted by atomic mass is 79.9. The third kappa shape index (κ3) is 2.70. The van der Waals surface area contributed by atoms with Crippen molar-refractivity contribution in [1.82, 2.24) is 0 Å².